The van der Waals surface area contributed by atoms with Crippen molar-refractivity contribution in [2.24, 2.45) is 5.92 Å². The molecule has 0 bridgehead atoms. The van der Waals surface area contributed by atoms with E-state index in [1.165, 1.54) is 0 Å². The highest BCUT2D eigenvalue weighted by Crippen LogP contribution is 2.41. The minimum atomic E-state index is -0.794. The van der Waals surface area contributed by atoms with Gasteiger partial charge in [-0.2, -0.15) is 0 Å². The predicted molar refractivity (Wildman–Crippen MR) is 97.8 cm³/mol. The molecule has 0 amide bonds. The van der Waals surface area contributed by atoms with Crippen LogP contribution in [0.15, 0.2) is 47.9 Å². The third-order valence-corrected chi connectivity index (χ3v) is 5.33. The Balaban J connectivity index is 1.98. The van der Waals surface area contributed by atoms with Crippen LogP contribution in [-0.4, -0.2) is 25.5 Å². The highest BCUT2D eigenvalue weighted by Gasteiger charge is 2.39. The number of benzene rings is 1. The summed E-state index contributed by atoms with van der Waals surface area (Å²) in [5.74, 6) is -0.923. The summed E-state index contributed by atoms with van der Waals surface area (Å²) in [4.78, 5) is 26.2. The summed E-state index contributed by atoms with van der Waals surface area (Å²) in [5, 5.41) is 1.99. The van der Waals surface area contributed by atoms with Gasteiger partial charge in [-0.15, -0.1) is 11.3 Å². The topological polar surface area (TPSA) is 52.6 Å². The van der Waals surface area contributed by atoms with Gasteiger partial charge in [-0.1, -0.05) is 18.2 Å². The summed E-state index contributed by atoms with van der Waals surface area (Å²) in [6.45, 7) is 2.01. The lowest BCUT2D eigenvalue weighted by molar-refractivity contribution is -0.151. The van der Waals surface area contributed by atoms with Crippen LogP contribution in [0.3, 0.4) is 0 Å². The van der Waals surface area contributed by atoms with Gasteiger partial charge in [0.05, 0.1) is 13.7 Å². The van der Waals surface area contributed by atoms with Crippen molar-refractivity contribution >= 4 is 28.7 Å². The monoisotopic (exact) mass is 356 g/mol. The Morgan fingerprint density at radius 1 is 1.24 bits per heavy atom. The van der Waals surface area contributed by atoms with Gasteiger partial charge in [0.25, 0.3) is 0 Å². The molecule has 3 rings (SSSR count). The predicted octanol–water partition coefficient (Wildman–Crippen LogP) is 4.08. The van der Waals surface area contributed by atoms with Crippen molar-refractivity contribution in [3.8, 4) is 5.75 Å². The van der Waals surface area contributed by atoms with Crippen molar-refractivity contribution in [2.75, 3.05) is 13.7 Å². The standard InChI is InChI=1S/C20H20O4S/c1-3-24-20(22)19-16(13-6-8-15(23-2)9-7-13)11-14(12-17(19)21)18-5-4-10-25-18/h4-10,12,16,19H,3,11H2,1-2H3/t16-,19-/m0/s1. The second-order valence-electron chi connectivity index (χ2n) is 5.86. The first kappa shape index (κ1) is 17.4. The summed E-state index contributed by atoms with van der Waals surface area (Å²) in [6, 6.07) is 11.5. The van der Waals surface area contributed by atoms with Gasteiger partial charge in [0.15, 0.2) is 5.78 Å². The molecule has 0 N–H and O–H groups in total. The number of hydrogen-bond donors (Lipinski definition) is 0. The summed E-state index contributed by atoms with van der Waals surface area (Å²) in [7, 11) is 1.61. The average Bonchev–Trinajstić information content (AvgIpc) is 3.16. The Labute approximate surface area is 151 Å². The van der Waals surface area contributed by atoms with Crippen LogP contribution in [-0.2, 0) is 14.3 Å². The van der Waals surface area contributed by atoms with E-state index in [0.717, 1.165) is 21.8 Å². The van der Waals surface area contributed by atoms with Gasteiger partial charge in [0.1, 0.15) is 11.7 Å². The third-order valence-electron chi connectivity index (χ3n) is 4.39. The van der Waals surface area contributed by atoms with Crippen molar-refractivity contribution in [2.45, 2.75) is 19.3 Å². The lowest BCUT2D eigenvalue weighted by Gasteiger charge is -2.29. The second kappa shape index (κ2) is 7.66. The number of ether oxygens (including phenoxy) is 2. The zero-order valence-electron chi connectivity index (χ0n) is 14.2. The number of methoxy groups -OCH3 is 1. The molecule has 4 nitrogen and oxygen atoms in total. The van der Waals surface area contributed by atoms with E-state index in [4.69, 9.17) is 9.47 Å². The van der Waals surface area contributed by atoms with E-state index in [2.05, 4.69) is 0 Å². The molecular weight excluding hydrogens is 336 g/mol. The Kier molecular flexibility index (Phi) is 5.34. The van der Waals surface area contributed by atoms with Gasteiger partial charge in [-0.3, -0.25) is 9.59 Å². The Hall–Kier alpha value is -2.40. The molecule has 0 unspecified atom stereocenters. The molecule has 0 aliphatic heterocycles. The van der Waals surface area contributed by atoms with Gasteiger partial charge in [0, 0.05) is 10.8 Å². The van der Waals surface area contributed by atoms with Crippen molar-refractivity contribution < 1.29 is 19.1 Å². The van der Waals surface area contributed by atoms with Gasteiger partial charge >= 0.3 is 5.97 Å². The zero-order valence-corrected chi connectivity index (χ0v) is 15.0. The first-order valence-electron chi connectivity index (χ1n) is 8.23. The normalized spacial score (nSPS) is 20.1. The number of esters is 1. The molecule has 0 radical (unpaired) electrons. The zero-order chi connectivity index (χ0) is 17.8. The first-order valence-corrected chi connectivity index (χ1v) is 9.11. The second-order valence-corrected chi connectivity index (χ2v) is 6.81. The molecule has 1 aliphatic rings. The molecule has 1 aromatic carbocycles. The minimum Gasteiger partial charge on any atom is -0.497 e. The van der Waals surface area contributed by atoms with Crippen molar-refractivity contribution in [3.05, 3.63) is 58.3 Å². The Morgan fingerprint density at radius 3 is 2.60 bits per heavy atom. The van der Waals surface area contributed by atoms with Crippen LogP contribution < -0.4 is 4.74 Å². The number of rotatable bonds is 5. The number of hydrogen-bond acceptors (Lipinski definition) is 5. The molecule has 1 aromatic heterocycles. The number of ketones is 1. The van der Waals surface area contributed by atoms with Crippen LogP contribution in [0.4, 0.5) is 0 Å². The van der Waals surface area contributed by atoms with Crippen LogP contribution in [0.5, 0.6) is 5.75 Å². The highest BCUT2D eigenvalue weighted by molar-refractivity contribution is 7.11. The van der Waals surface area contributed by atoms with Crippen LogP contribution >= 0.6 is 11.3 Å². The molecular formula is C20H20O4S. The van der Waals surface area contributed by atoms with Gasteiger partial charge in [-0.05, 0) is 54.1 Å². The smallest absolute Gasteiger partial charge is 0.317 e. The molecule has 0 fully saturated rings. The molecule has 0 saturated heterocycles. The fourth-order valence-electron chi connectivity index (χ4n) is 3.18. The van der Waals surface area contributed by atoms with Crippen LogP contribution in [0.2, 0.25) is 0 Å². The molecule has 130 valence electrons. The summed E-state index contributed by atoms with van der Waals surface area (Å²) in [5.41, 5.74) is 1.91. The maximum atomic E-state index is 12.7. The molecule has 0 spiro atoms. The molecule has 0 saturated carbocycles. The molecule has 2 aromatic rings. The van der Waals surface area contributed by atoms with E-state index in [0.29, 0.717) is 6.42 Å². The minimum absolute atomic E-state index is 0.186. The van der Waals surface area contributed by atoms with Crippen LogP contribution in [0.25, 0.3) is 5.57 Å². The highest BCUT2D eigenvalue weighted by atomic mass is 32.1. The lowest BCUT2D eigenvalue weighted by Crippen LogP contribution is -2.33. The van der Waals surface area contributed by atoms with E-state index in [-0.39, 0.29) is 18.3 Å². The molecule has 5 heteroatoms. The van der Waals surface area contributed by atoms with Crippen LogP contribution in [0.1, 0.15) is 29.7 Å². The maximum absolute atomic E-state index is 12.7. The SMILES string of the molecule is CCOC(=O)[C@@H]1C(=O)C=C(c2cccs2)C[C@H]1c1ccc(OC)cc1. The average molecular weight is 356 g/mol. The number of allylic oxidation sites excluding steroid dienone is 2. The van der Waals surface area contributed by atoms with Gasteiger partial charge in [-0.25, -0.2) is 0 Å². The fourth-order valence-corrected chi connectivity index (χ4v) is 3.93. The molecule has 1 aliphatic carbocycles. The Morgan fingerprint density at radius 2 is 2.00 bits per heavy atom. The van der Waals surface area contributed by atoms with E-state index < -0.39 is 11.9 Å². The van der Waals surface area contributed by atoms with Crippen molar-refractivity contribution in [3.63, 3.8) is 0 Å². The van der Waals surface area contributed by atoms with E-state index in [1.807, 2.05) is 41.8 Å². The molecule has 2 atom stereocenters. The van der Waals surface area contributed by atoms with Gasteiger partial charge in [0.2, 0.25) is 0 Å². The van der Waals surface area contributed by atoms with E-state index in [9.17, 15) is 9.59 Å². The number of carbonyl (C=O) groups excluding carboxylic acids is 2. The maximum Gasteiger partial charge on any atom is 0.317 e. The lowest BCUT2D eigenvalue weighted by atomic mass is 9.74. The number of carbonyl (C=O) groups is 2. The fraction of sp³-hybridized carbons (Fsp3) is 0.300. The summed E-state index contributed by atoms with van der Waals surface area (Å²) in [6.07, 6.45) is 2.23. The summed E-state index contributed by atoms with van der Waals surface area (Å²) < 4.78 is 10.4. The number of thiophene rings is 1. The Bertz CT molecular complexity index is 775. The summed E-state index contributed by atoms with van der Waals surface area (Å²) >= 11 is 1.60. The van der Waals surface area contributed by atoms with Crippen molar-refractivity contribution in [1.29, 1.82) is 0 Å². The van der Waals surface area contributed by atoms with Crippen LogP contribution in [0, 0.1) is 5.92 Å². The quantitative estimate of drug-likeness (QED) is 0.598. The van der Waals surface area contributed by atoms with Gasteiger partial charge < -0.3 is 9.47 Å². The molecule has 1 heterocycles. The van der Waals surface area contributed by atoms with E-state index in [1.54, 1.807) is 31.4 Å². The van der Waals surface area contributed by atoms with Crippen molar-refractivity contribution in [1.82, 2.24) is 0 Å². The molecule has 25 heavy (non-hydrogen) atoms. The third kappa shape index (κ3) is 3.66. The largest absolute Gasteiger partial charge is 0.497 e. The first-order chi connectivity index (χ1) is 12.1. The van der Waals surface area contributed by atoms with E-state index >= 15 is 0 Å².